The van der Waals surface area contributed by atoms with Crippen LogP contribution in [-0.2, 0) is 35.0 Å². The van der Waals surface area contributed by atoms with Crippen molar-refractivity contribution in [3.05, 3.63) is 35.9 Å². The molecule has 164 valence electrons. The zero-order chi connectivity index (χ0) is 20.7. The summed E-state index contributed by atoms with van der Waals surface area (Å²) in [5, 5.41) is 10.00. The van der Waals surface area contributed by atoms with Crippen LogP contribution in [0.5, 0.6) is 0 Å². The van der Waals surface area contributed by atoms with Crippen LogP contribution in [0.2, 0.25) is 0 Å². The molecule has 3 rings (SSSR count). The number of rotatable bonds is 10. The van der Waals surface area contributed by atoms with Crippen LogP contribution in [0.1, 0.15) is 38.7 Å². The number of methoxy groups -OCH3 is 1. The Morgan fingerprint density at radius 2 is 1.83 bits per heavy atom. The van der Waals surface area contributed by atoms with Crippen LogP contribution in [0, 0.1) is 0 Å². The normalized spacial score (nSPS) is 28.9. The molecule has 5 atom stereocenters. The van der Waals surface area contributed by atoms with Crippen LogP contribution >= 0.6 is 0 Å². The van der Waals surface area contributed by atoms with Crippen molar-refractivity contribution < 1.29 is 33.5 Å². The summed E-state index contributed by atoms with van der Waals surface area (Å²) in [4.78, 5) is 0. The van der Waals surface area contributed by atoms with Gasteiger partial charge in [-0.15, -0.1) is 0 Å². The zero-order valence-corrected chi connectivity index (χ0v) is 17.6. The lowest BCUT2D eigenvalue weighted by Gasteiger charge is -2.32. The molecule has 7 nitrogen and oxygen atoms in total. The quantitative estimate of drug-likeness (QED) is 0.635. The first-order valence-corrected chi connectivity index (χ1v) is 10.4. The lowest BCUT2D eigenvalue weighted by Crippen LogP contribution is -2.48. The van der Waals surface area contributed by atoms with Crippen molar-refractivity contribution >= 4 is 0 Å². The molecule has 2 saturated heterocycles. The molecule has 2 aliphatic rings. The van der Waals surface area contributed by atoms with E-state index >= 15 is 0 Å². The third-order valence-electron chi connectivity index (χ3n) is 5.24. The van der Waals surface area contributed by atoms with Gasteiger partial charge in [-0.05, 0) is 38.7 Å². The molecule has 0 spiro atoms. The number of aliphatic hydroxyl groups is 1. The van der Waals surface area contributed by atoms with Crippen LogP contribution in [0.15, 0.2) is 30.3 Å². The largest absolute Gasteiger partial charge is 0.394 e. The molecule has 1 N–H and O–H groups in total. The van der Waals surface area contributed by atoms with Gasteiger partial charge in [-0.25, -0.2) is 0 Å². The van der Waals surface area contributed by atoms with Gasteiger partial charge in [0.05, 0.1) is 19.8 Å². The molecule has 29 heavy (non-hydrogen) atoms. The second-order valence-electron chi connectivity index (χ2n) is 7.99. The van der Waals surface area contributed by atoms with Gasteiger partial charge in [0.25, 0.3) is 0 Å². The van der Waals surface area contributed by atoms with Crippen molar-refractivity contribution in [3.63, 3.8) is 0 Å². The van der Waals surface area contributed by atoms with Crippen LogP contribution in [-0.4, -0.2) is 68.5 Å². The monoisotopic (exact) mass is 410 g/mol. The van der Waals surface area contributed by atoms with E-state index in [1.54, 1.807) is 7.11 Å². The van der Waals surface area contributed by atoms with Gasteiger partial charge >= 0.3 is 0 Å². The summed E-state index contributed by atoms with van der Waals surface area (Å²) >= 11 is 0. The van der Waals surface area contributed by atoms with E-state index in [0.29, 0.717) is 19.8 Å². The Hall–Kier alpha value is -1.06. The Labute approximate surface area is 173 Å². The average molecular weight is 411 g/mol. The van der Waals surface area contributed by atoms with Crippen molar-refractivity contribution in [2.75, 3.05) is 26.9 Å². The van der Waals surface area contributed by atoms with Gasteiger partial charge in [-0.2, -0.15) is 0 Å². The maximum atomic E-state index is 10.00. The van der Waals surface area contributed by atoms with E-state index < -0.39 is 24.1 Å². The van der Waals surface area contributed by atoms with Crippen molar-refractivity contribution in [3.8, 4) is 0 Å². The maximum Gasteiger partial charge on any atom is 0.164 e. The van der Waals surface area contributed by atoms with E-state index in [1.165, 1.54) is 0 Å². The molecule has 7 heteroatoms. The summed E-state index contributed by atoms with van der Waals surface area (Å²) in [7, 11) is 1.63. The Morgan fingerprint density at radius 3 is 2.45 bits per heavy atom. The number of ether oxygens (including phenoxy) is 6. The molecular formula is C22H34O7. The minimum absolute atomic E-state index is 0.193. The number of benzene rings is 1. The summed E-state index contributed by atoms with van der Waals surface area (Å²) < 4.78 is 35.5. The average Bonchev–Trinajstić information content (AvgIpc) is 3.06. The van der Waals surface area contributed by atoms with Gasteiger partial charge in [0, 0.05) is 13.7 Å². The third-order valence-corrected chi connectivity index (χ3v) is 5.24. The van der Waals surface area contributed by atoms with E-state index in [4.69, 9.17) is 28.4 Å². The first-order chi connectivity index (χ1) is 14.0. The molecule has 0 aromatic heterocycles. The number of aliphatic hydroxyl groups excluding tert-OH is 1. The highest BCUT2D eigenvalue weighted by molar-refractivity contribution is 5.13. The molecule has 0 radical (unpaired) electrons. The molecule has 1 aromatic rings. The molecule has 0 amide bonds. The number of hydrogen-bond donors (Lipinski definition) is 1. The highest BCUT2D eigenvalue weighted by Gasteiger charge is 2.49. The van der Waals surface area contributed by atoms with Crippen molar-refractivity contribution in [1.82, 2.24) is 0 Å². The van der Waals surface area contributed by atoms with Crippen LogP contribution in [0.25, 0.3) is 0 Å². The van der Waals surface area contributed by atoms with E-state index in [9.17, 15) is 5.11 Å². The van der Waals surface area contributed by atoms with E-state index in [1.807, 2.05) is 44.2 Å². The van der Waals surface area contributed by atoms with Crippen LogP contribution in [0.4, 0.5) is 0 Å². The fourth-order valence-corrected chi connectivity index (χ4v) is 3.79. The fourth-order valence-electron chi connectivity index (χ4n) is 3.79. The van der Waals surface area contributed by atoms with Gasteiger partial charge in [0.15, 0.2) is 12.1 Å². The molecule has 0 saturated carbocycles. The Morgan fingerprint density at radius 1 is 1.10 bits per heavy atom. The minimum atomic E-state index is -0.810. The van der Waals surface area contributed by atoms with Gasteiger partial charge in [-0.1, -0.05) is 30.3 Å². The van der Waals surface area contributed by atoms with E-state index in [0.717, 1.165) is 24.8 Å². The molecule has 1 aromatic carbocycles. The molecule has 2 aliphatic heterocycles. The summed E-state index contributed by atoms with van der Waals surface area (Å²) in [5.74, 6) is -0.810. The molecule has 0 bridgehead atoms. The van der Waals surface area contributed by atoms with Gasteiger partial charge in [0.2, 0.25) is 0 Å². The summed E-state index contributed by atoms with van der Waals surface area (Å²) in [6.45, 7) is 5.00. The molecule has 2 heterocycles. The standard InChI is InChI=1S/C22H34O7/c1-22(2)28-20(17(13-23)27-19-11-7-8-12-26-19)21(29-22)18(24-3)15-25-14-16-9-5-4-6-10-16/h4-6,9-10,17-21,23H,7-8,11-15H2,1-3H3/t17-,18+,19?,20-,21-/m1/s1. The fraction of sp³-hybridized carbons (Fsp3) is 0.727. The van der Waals surface area contributed by atoms with Crippen molar-refractivity contribution in [2.45, 2.75) is 76.2 Å². The van der Waals surface area contributed by atoms with E-state index in [-0.39, 0.29) is 19.0 Å². The molecule has 2 fully saturated rings. The SMILES string of the molecule is CO[C@@H](COCc1ccccc1)[C@H]1OC(C)(C)O[C@@H]1[C@@H](CO)OC1CCCCO1. The predicted octanol–water partition coefficient (Wildman–Crippen LogP) is 2.64. The third kappa shape index (κ3) is 6.46. The minimum Gasteiger partial charge on any atom is -0.394 e. The van der Waals surface area contributed by atoms with Gasteiger partial charge < -0.3 is 33.5 Å². The topological polar surface area (TPSA) is 75.6 Å². The van der Waals surface area contributed by atoms with Crippen molar-refractivity contribution in [1.29, 1.82) is 0 Å². The first kappa shape index (κ1) is 22.6. The Balaban J connectivity index is 1.62. The maximum absolute atomic E-state index is 10.00. The predicted molar refractivity (Wildman–Crippen MR) is 106 cm³/mol. The molecular weight excluding hydrogens is 376 g/mol. The Kier molecular flexibility index (Phi) is 8.44. The second-order valence-corrected chi connectivity index (χ2v) is 7.99. The molecule has 1 unspecified atom stereocenters. The lowest BCUT2D eigenvalue weighted by molar-refractivity contribution is -0.226. The van der Waals surface area contributed by atoms with E-state index in [2.05, 4.69) is 0 Å². The smallest absolute Gasteiger partial charge is 0.164 e. The summed E-state index contributed by atoms with van der Waals surface area (Å²) in [5.41, 5.74) is 1.09. The zero-order valence-electron chi connectivity index (χ0n) is 17.6. The summed E-state index contributed by atoms with van der Waals surface area (Å²) in [6, 6.07) is 9.97. The number of hydrogen-bond acceptors (Lipinski definition) is 7. The van der Waals surface area contributed by atoms with Gasteiger partial charge in [0.1, 0.15) is 24.4 Å². The molecule has 0 aliphatic carbocycles. The van der Waals surface area contributed by atoms with Crippen LogP contribution in [0.3, 0.4) is 0 Å². The first-order valence-electron chi connectivity index (χ1n) is 10.4. The van der Waals surface area contributed by atoms with Crippen molar-refractivity contribution in [2.24, 2.45) is 0 Å². The Bertz CT molecular complexity index is 588. The van der Waals surface area contributed by atoms with Gasteiger partial charge in [-0.3, -0.25) is 0 Å². The summed E-state index contributed by atoms with van der Waals surface area (Å²) in [6.07, 6.45) is 0.695. The van der Waals surface area contributed by atoms with Crippen LogP contribution < -0.4 is 0 Å². The lowest BCUT2D eigenvalue weighted by atomic mass is 10.0. The highest BCUT2D eigenvalue weighted by Crippen LogP contribution is 2.34. The second kappa shape index (κ2) is 10.8. The highest BCUT2D eigenvalue weighted by atomic mass is 16.8.